The molecule has 1 unspecified atom stereocenters. The summed E-state index contributed by atoms with van der Waals surface area (Å²) in [6.07, 6.45) is 0. The van der Waals surface area contributed by atoms with Crippen molar-refractivity contribution in [2.75, 3.05) is 5.73 Å². The molecule has 0 spiro atoms. The Balaban J connectivity index is 2.19. The van der Waals surface area contributed by atoms with Crippen LogP contribution < -0.4 is 5.73 Å². The molecule has 0 aliphatic carbocycles. The summed E-state index contributed by atoms with van der Waals surface area (Å²) in [5.74, 6) is 0.578. The Morgan fingerprint density at radius 3 is 2.89 bits per heavy atom. The Hall–Kier alpha value is -1.81. The first-order valence-electron chi connectivity index (χ1n) is 5.93. The number of thiophene rings is 1. The first-order valence-corrected chi connectivity index (χ1v) is 6.87. The van der Waals surface area contributed by atoms with Gasteiger partial charge in [0.05, 0.1) is 17.1 Å². The number of fused-ring (bicyclic) bond motifs is 1. The van der Waals surface area contributed by atoms with E-state index in [1.807, 2.05) is 0 Å². The molecule has 3 aromatic rings. The highest BCUT2D eigenvalue weighted by atomic mass is 32.1. The molecule has 0 aliphatic rings. The highest BCUT2D eigenvalue weighted by Gasteiger charge is 2.15. The van der Waals surface area contributed by atoms with Gasteiger partial charge in [-0.25, -0.2) is 4.98 Å². The zero-order valence-corrected chi connectivity index (χ0v) is 11.2. The van der Waals surface area contributed by atoms with E-state index in [2.05, 4.69) is 58.4 Å². The molecule has 0 fully saturated rings. The second kappa shape index (κ2) is 4.14. The van der Waals surface area contributed by atoms with E-state index < -0.39 is 0 Å². The number of hydrogen-bond donors (Lipinski definition) is 1. The fourth-order valence-electron chi connectivity index (χ4n) is 2.30. The fourth-order valence-corrected chi connectivity index (χ4v) is 3.04. The molecule has 1 atom stereocenters. The Bertz CT molecular complexity index is 682. The molecular formula is C14H15N3S. The molecule has 4 heteroatoms. The Morgan fingerprint density at radius 2 is 2.17 bits per heavy atom. The summed E-state index contributed by atoms with van der Waals surface area (Å²) in [4.78, 5) is 4.45. The van der Waals surface area contributed by atoms with E-state index in [1.165, 1.54) is 11.1 Å². The third kappa shape index (κ3) is 1.69. The van der Waals surface area contributed by atoms with Gasteiger partial charge in [-0.3, -0.25) is 0 Å². The van der Waals surface area contributed by atoms with Gasteiger partial charge in [-0.05, 0) is 53.9 Å². The first-order chi connectivity index (χ1) is 8.66. The van der Waals surface area contributed by atoms with Crippen LogP contribution in [0.15, 0.2) is 35.0 Å². The molecule has 1 aromatic carbocycles. The van der Waals surface area contributed by atoms with Gasteiger partial charge in [0, 0.05) is 0 Å². The molecule has 0 bridgehead atoms. The minimum Gasteiger partial charge on any atom is -0.369 e. The molecule has 3 rings (SSSR count). The minimum atomic E-state index is 0.212. The maximum atomic E-state index is 6.07. The maximum Gasteiger partial charge on any atom is 0.201 e. The highest BCUT2D eigenvalue weighted by molar-refractivity contribution is 7.07. The molecule has 0 aliphatic heterocycles. The van der Waals surface area contributed by atoms with Crippen molar-refractivity contribution >= 4 is 28.3 Å². The smallest absolute Gasteiger partial charge is 0.201 e. The van der Waals surface area contributed by atoms with Crippen molar-refractivity contribution < 1.29 is 0 Å². The van der Waals surface area contributed by atoms with Gasteiger partial charge in [0.2, 0.25) is 5.95 Å². The molecule has 18 heavy (non-hydrogen) atoms. The van der Waals surface area contributed by atoms with Crippen LogP contribution in [0.3, 0.4) is 0 Å². The normalized spacial score (nSPS) is 13.0. The Morgan fingerprint density at radius 1 is 1.33 bits per heavy atom. The number of imidazole rings is 1. The molecule has 3 nitrogen and oxygen atoms in total. The van der Waals surface area contributed by atoms with Crippen LogP contribution in [0, 0.1) is 6.92 Å². The average Bonchev–Trinajstić information content (AvgIpc) is 2.94. The van der Waals surface area contributed by atoms with Gasteiger partial charge in [-0.15, -0.1) is 0 Å². The summed E-state index contributed by atoms with van der Waals surface area (Å²) < 4.78 is 2.09. The molecule has 2 N–H and O–H groups in total. The van der Waals surface area contributed by atoms with Gasteiger partial charge in [0.25, 0.3) is 0 Å². The topological polar surface area (TPSA) is 43.8 Å². The highest BCUT2D eigenvalue weighted by Crippen LogP contribution is 2.28. The molecule has 0 radical (unpaired) electrons. The zero-order chi connectivity index (χ0) is 12.7. The molecule has 0 saturated heterocycles. The van der Waals surface area contributed by atoms with E-state index in [9.17, 15) is 0 Å². The van der Waals surface area contributed by atoms with Crippen LogP contribution in [0.2, 0.25) is 0 Å². The van der Waals surface area contributed by atoms with Gasteiger partial charge in [0.1, 0.15) is 0 Å². The average molecular weight is 257 g/mol. The van der Waals surface area contributed by atoms with E-state index in [0.717, 1.165) is 11.0 Å². The summed E-state index contributed by atoms with van der Waals surface area (Å²) in [5, 5.41) is 4.25. The zero-order valence-electron chi connectivity index (χ0n) is 10.4. The predicted octanol–water partition coefficient (Wildman–Crippen LogP) is 3.60. The quantitative estimate of drug-likeness (QED) is 0.762. The van der Waals surface area contributed by atoms with Crippen LogP contribution in [-0.2, 0) is 0 Å². The minimum absolute atomic E-state index is 0.212. The SMILES string of the molecule is Cc1ccc2c(c1)nc(N)n2C(C)c1ccsc1. The lowest BCUT2D eigenvalue weighted by molar-refractivity contribution is 0.670. The number of nitrogens with zero attached hydrogens (tertiary/aromatic N) is 2. The number of hydrogen-bond acceptors (Lipinski definition) is 3. The second-order valence-corrected chi connectivity index (χ2v) is 5.34. The van der Waals surface area contributed by atoms with E-state index >= 15 is 0 Å². The molecule has 2 heterocycles. The first kappa shape index (κ1) is 11.3. The van der Waals surface area contributed by atoms with Crippen molar-refractivity contribution in [3.05, 3.63) is 46.2 Å². The number of nitrogen functional groups attached to an aromatic ring is 1. The van der Waals surface area contributed by atoms with Gasteiger partial charge >= 0.3 is 0 Å². The standard InChI is InChI=1S/C14H15N3S/c1-9-3-4-13-12(7-9)16-14(15)17(13)10(2)11-5-6-18-8-11/h3-8,10H,1-2H3,(H2,15,16). The van der Waals surface area contributed by atoms with Crippen molar-refractivity contribution in [3.8, 4) is 0 Å². The van der Waals surface area contributed by atoms with Crippen LogP contribution in [0.4, 0.5) is 5.95 Å². The summed E-state index contributed by atoms with van der Waals surface area (Å²) in [6.45, 7) is 4.22. The monoisotopic (exact) mass is 257 g/mol. The predicted molar refractivity (Wildman–Crippen MR) is 77.0 cm³/mol. The van der Waals surface area contributed by atoms with Crippen molar-refractivity contribution in [3.63, 3.8) is 0 Å². The lowest BCUT2D eigenvalue weighted by atomic mass is 10.1. The van der Waals surface area contributed by atoms with Gasteiger partial charge < -0.3 is 10.3 Å². The number of benzene rings is 1. The second-order valence-electron chi connectivity index (χ2n) is 4.56. The number of aryl methyl sites for hydroxylation is 1. The largest absolute Gasteiger partial charge is 0.369 e. The van der Waals surface area contributed by atoms with Crippen LogP contribution in [-0.4, -0.2) is 9.55 Å². The van der Waals surface area contributed by atoms with Crippen molar-refractivity contribution in [1.82, 2.24) is 9.55 Å². The van der Waals surface area contributed by atoms with Crippen LogP contribution in [0.5, 0.6) is 0 Å². The summed E-state index contributed by atoms with van der Waals surface area (Å²) >= 11 is 1.70. The molecule has 92 valence electrons. The van der Waals surface area contributed by atoms with E-state index in [4.69, 9.17) is 5.73 Å². The lowest BCUT2D eigenvalue weighted by Gasteiger charge is -2.14. The molecule has 0 saturated carbocycles. The summed E-state index contributed by atoms with van der Waals surface area (Å²) in [7, 11) is 0. The fraction of sp³-hybridized carbons (Fsp3) is 0.214. The summed E-state index contributed by atoms with van der Waals surface area (Å²) in [5.41, 5.74) is 10.6. The lowest BCUT2D eigenvalue weighted by Crippen LogP contribution is -2.09. The van der Waals surface area contributed by atoms with Gasteiger partial charge in [0.15, 0.2) is 0 Å². The van der Waals surface area contributed by atoms with Crippen molar-refractivity contribution in [1.29, 1.82) is 0 Å². The molecule has 2 aromatic heterocycles. The van der Waals surface area contributed by atoms with Crippen LogP contribution >= 0.6 is 11.3 Å². The van der Waals surface area contributed by atoms with Gasteiger partial charge in [-0.2, -0.15) is 11.3 Å². The summed E-state index contributed by atoms with van der Waals surface area (Å²) in [6, 6.07) is 8.61. The third-order valence-corrected chi connectivity index (χ3v) is 3.99. The molecular weight excluding hydrogens is 242 g/mol. The number of rotatable bonds is 2. The molecule has 0 amide bonds. The number of nitrogens with two attached hydrogens (primary N) is 1. The van der Waals surface area contributed by atoms with Crippen molar-refractivity contribution in [2.24, 2.45) is 0 Å². The van der Waals surface area contributed by atoms with E-state index in [1.54, 1.807) is 11.3 Å². The van der Waals surface area contributed by atoms with Gasteiger partial charge in [-0.1, -0.05) is 6.07 Å². The number of anilines is 1. The Labute approximate surface area is 110 Å². The number of aromatic nitrogens is 2. The maximum absolute atomic E-state index is 6.07. The third-order valence-electron chi connectivity index (χ3n) is 3.29. The Kier molecular flexibility index (Phi) is 2.59. The van der Waals surface area contributed by atoms with Crippen molar-refractivity contribution in [2.45, 2.75) is 19.9 Å². The van der Waals surface area contributed by atoms with Crippen LogP contribution in [0.25, 0.3) is 11.0 Å². The van der Waals surface area contributed by atoms with E-state index in [-0.39, 0.29) is 6.04 Å². The van der Waals surface area contributed by atoms with Crippen LogP contribution in [0.1, 0.15) is 24.1 Å². The van der Waals surface area contributed by atoms with E-state index in [0.29, 0.717) is 5.95 Å².